The predicted molar refractivity (Wildman–Crippen MR) is 122 cm³/mol. The average molecular weight is 477 g/mol. The molecule has 0 aliphatic carbocycles. The van der Waals surface area contributed by atoms with Crippen LogP contribution in [-0.2, 0) is 19.4 Å². The van der Waals surface area contributed by atoms with Gasteiger partial charge in [0.2, 0.25) is 0 Å². The van der Waals surface area contributed by atoms with Gasteiger partial charge in [-0.25, -0.2) is 18.0 Å². The third kappa shape index (κ3) is 5.31. The van der Waals surface area contributed by atoms with Gasteiger partial charge in [0.25, 0.3) is 0 Å². The molecule has 0 unspecified atom stereocenters. The van der Waals surface area contributed by atoms with E-state index in [9.17, 15) is 18.0 Å². The summed E-state index contributed by atoms with van der Waals surface area (Å²) in [6.07, 6.45) is 0. The van der Waals surface area contributed by atoms with Crippen molar-refractivity contribution in [2.75, 3.05) is 12.4 Å². The van der Waals surface area contributed by atoms with Crippen molar-refractivity contribution < 1.29 is 22.7 Å². The Morgan fingerprint density at radius 1 is 1.09 bits per heavy atom. The van der Waals surface area contributed by atoms with Gasteiger partial charge < -0.3 is 15.4 Å². The Kier molecular flexibility index (Phi) is 7.26. The van der Waals surface area contributed by atoms with E-state index < -0.39 is 33.6 Å². The van der Waals surface area contributed by atoms with Crippen molar-refractivity contribution in [1.82, 2.24) is 10.6 Å². The monoisotopic (exact) mass is 476 g/mol. The summed E-state index contributed by atoms with van der Waals surface area (Å²) in [4.78, 5) is 25.3. The number of amides is 2. The van der Waals surface area contributed by atoms with E-state index in [-0.39, 0.29) is 22.8 Å². The van der Waals surface area contributed by atoms with Gasteiger partial charge in [0.1, 0.15) is 0 Å². The highest BCUT2D eigenvalue weighted by atomic mass is 35.5. The quantitative estimate of drug-likeness (QED) is 0.585. The van der Waals surface area contributed by atoms with Crippen LogP contribution in [0.1, 0.15) is 43.9 Å². The van der Waals surface area contributed by atoms with E-state index >= 15 is 0 Å². The van der Waals surface area contributed by atoms with Crippen molar-refractivity contribution >= 4 is 33.4 Å². The lowest BCUT2D eigenvalue weighted by atomic mass is 9.93. The van der Waals surface area contributed by atoms with Crippen LogP contribution < -0.4 is 10.6 Å². The molecule has 3 rings (SSSR count). The molecule has 0 radical (unpaired) electrons. The van der Waals surface area contributed by atoms with Crippen LogP contribution in [0.2, 0.25) is 5.02 Å². The largest absolute Gasteiger partial charge is 0.463 e. The molecule has 170 valence electrons. The van der Waals surface area contributed by atoms with Gasteiger partial charge in [-0.2, -0.15) is 0 Å². The maximum Gasteiger partial charge on any atom is 0.338 e. The molecule has 2 N–H and O–H groups in total. The van der Waals surface area contributed by atoms with Crippen molar-refractivity contribution in [1.29, 1.82) is 0 Å². The number of hydrogen-bond donors (Lipinski definition) is 2. The first-order chi connectivity index (χ1) is 15.1. The Labute approximate surface area is 192 Å². The summed E-state index contributed by atoms with van der Waals surface area (Å²) < 4.78 is 31.2. The molecule has 1 atom stereocenters. The first-order valence-electron chi connectivity index (χ1n) is 10.2. The van der Waals surface area contributed by atoms with Crippen LogP contribution in [0, 0.1) is 0 Å². The number of nitrogens with one attached hydrogen (secondary N) is 2. The van der Waals surface area contributed by atoms with Gasteiger partial charge in [0.15, 0.2) is 9.84 Å². The Morgan fingerprint density at radius 2 is 1.72 bits per heavy atom. The van der Waals surface area contributed by atoms with Crippen LogP contribution in [0.5, 0.6) is 0 Å². The maximum absolute atomic E-state index is 13.0. The van der Waals surface area contributed by atoms with E-state index in [4.69, 9.17) is 16.3 Å². The molecule has 32 heavy (non-hydrogen) atoms. The number of urea groups is 1. The molecule has 2 aromatic carbocycles. The van der Waals surface area contributed by atoms with Crippen LogP contribution in [0.25, 0.3) is 0 Å². The lowest BCUT2D eigenvalue weighted by molar-refractivity contribution is -0.139. The summed E-state index contributed by atoms with van der Waals surface area (Å²) in [6.45, 7) is 5.88. The zero-order chi connectivity index (χ0) is 23.5. The average Bonchev–Trinajstić information content (AvgIpc) is 2.73. The highest BCUT2D eigenvalue weighted by Gasteiger charge is 2.35. The zero-order valence-electron chi connectivity index (χ0n) is 18.0. The van der Waals surface area contributed by atoms with E-state index in [1.54, 1.807) is 6.92 Å². The number of hydrogen-bond acceptors (Lipinski definition) is 5. The topological polar surface area (TPSA) is 102 Å². The fourth-order valence-electron chi connectivity index (χ4n) is 3.42. The smallest absolute Gasteiger partial charge is 0.338 e. The minimum absolute atomic E-state index is 0.0138. The molecule has 0 saturated heterocycles. The van der Waals surface area contributed by atoms with Crippen LogP contribution >= 0.6 is 11.6 Å². The molecule has 0 fully saturated rings. The standard InChI is InChI=1S/C23H25ClN2O5S/c1-4-31-22(27)20-19(13-32(29,30)18-11-9-17(24)10-12-18)25-23(28)26-21(20)16-7-5-15(6-8-16)14(2)3/h5-12,14,21H,4,13H2,1-3H3,(H2,25,26,28)/t21-/m1/s1. The Morgan fingerprint density at radius 3 is 2.28 bits per heavy atom. The second kappa shape index (κ2) is 9.75. The number of rotatable bonds is 7. The first kappa shape index (κ1) is 23.8. The van der Waals surface area contributed by atoms with Gasteiger partial charge >= 0.3 is 12.0 Å². The van der Waals surface area contributed by atoms with Crippen LogP contribution in [0.15, 0.2) is 64.7 Å². The van der Waals surface area contributed by atoms with Crippen LogP contribution in [0.3, 0.4) is 0 Å². The zero-order valence-corrected chi connectivity index (χ0v) is 19.6. The number of ether oxygens (including phenoxy) is 1. The van der Waals surface area contributed by atoms with Crippen LogP contribution in [-0.4, -0.2) is 32.8 Å². The second-order valence-electron chi connectivity index (χ2n) is 7.68. The molecule has 0 spiro atoms. The van der Waals surface area contributed by atoms with Gasteiger partial charge in [-0.15, -0.1) is 0 Å². The SMILES string of the molecule is CCOC(=O)C1=C(CS(=O)(=O)c2ccc(Cl)cc2)NC(=O)N[C@@H]1c1ccc(C(C)C)cc1. The summed E-state index contributed by atoms with van der Waals surface area (Å²) in [6, 6.07) is 11.7. The Bertz CT molecular complexity index is 1140. The molecule has 0 aromatic heterocycles. The number of sulfone groups is 1. The van der Waals surface area contributed by atoms with Gasteiger partial charge in [-0.1, -0.05) is 49.7 Å². The van der Waals surface area contributed by atoms with Crippen molar-refractivity contribution in [3.05, 3.63) is 76.0 Å². The van der Waals surface area contributed by atoms with Crippen molar-refractivity contribution in [2.45, 2.75) is 37.6 Å². The Balaban J connectivity index is 2.07. The molecule has 2 amide bonds. The lowest BCUT2D eigenvalue weighted by Crippen LogP contribution is -2.47. The highest BCUT2D eigenvalue weighted by molar-refractivity contribution is 7.91. The number of carbonyl (C=O) groups excluding carboxylic acids is 2. The predicted octanol–water partition coefficient (Wildman–Crippen LogP) is 4.11. The molecule has 1 heterocycles. The van der Waals surface area contributed by atoms with Gasteiger partial charge in [0, 0.05) is 10.7 Å². The summed E-state index contributed by atoms with van der Waals surface area (Å²) in [5, 5.41) is 5.61. The molecule has 0 bridgehead atoms. The second-order valence-corrected chi connectivity index (χ2v) is 10.1. The molecule has 1 aliphatic heterocycles. The summed E-state index contributed by atoms with van der Waals surface area (Å²) in [5.74, 6) is -0.956. The third-order valence-electron chi connectivity index (χ3n) is 5.09. The van der Waals surface area contributed by atoms with Crippen molar-refractivity contribution in [2.24, 2.45) is 0 Å². The molecule has 2 aromatic rings. The number of carbonyl (C=O) groups is 2. The van der Waals surface area contributed by atoms with E-state index in [1.165, 1.54) is 24.3 Å². The summed E-state index contributed by atoms with van der Waals surface area (Å²) >= 11 is 5.86. The van der Waals surface area contributed by atoms with Gasteiger partial charge in [-0.05, 0) is 48.2 Å². The fourth-order valence-corrected chi connectivity index (χ4v) is 4.87. The molecular formula is C23H25ClN2O5S. The lowest BCUT2D eigenvalue weighted by Gasteiger charge is -2.29. The van der Waals surface area contributed by atoms with Crippen LogP contribution in [0.4, 0.5) is 4.79 Å². The third-order valence-corrected chi connectivity index (χ3v) is 7.00. The van der Waals surface area contributed by atoms with Crippen molar-refractivity contribution in [3.8, 4) is 0 Å². The van der Waals surface area contributed by atoms with E-state index in [2.05, 4.69) is 24.5 Å². The number of halogens is 1. The highest BCUT2D eigenvalue weighted by Crippen LogP contribution is 2.30. The van der Waals surface area contributed by atoms with Gasteiger partial charge in [-0.3, -0.25) is 0 Å². The normalized spacial score (nSPS) is 16.5. The van der Waals surface area contributed by atoms with E-state index in [0.29, 0.717) is 16.5 Å². The molecule has 7 nitrogen and oxygen atoms in total. The van der Waals surface area contributed by atoms with Gasteiger partial charge in [0.05, 0.1) is 28.9 Å². The summed E-state index contributed by atoms with van der Waals surface area (Å²) in [7, 11) is -3.87. The number of esters is 1. The van der Waals surface area contributed by atoms with E-state index in [0.717, 1.165) is 5.56 Å². The maximum atomic E-state index is 13.0. The molecule has 0 saturated carbocycles. The first-order valence-corrected chi connectivity index (χ1v) is 12.2. The minimum Gasteiger partial charge on any atom is -0.463 e. The minimum atomic E-state index is -3.87. The fraction of sp³-hybridized carbons (Fsp3) is 0.304. The molecular weight excluding hydrogens is 452 g/mol. The molecule has 9 heteroatoms. The number of benzene rings is 2. The summed E-state index contributed by atoms with van der Waals surface area (Å²) in [5.41, 5.74) is 1.79. The van der Waals surface area contributed by atoms with Crippen molar-refractivity contribution in [3.63, 3.8) is 0 Å². The van der Waals surface area contributed by atoms with E-state index in [1.807, 2.05) is 24.3 Å². The molecule has 1 aliphatic rings. The Hall–Kier alpha value is -2.84.